The van der Waals surface area contributed by atoms with Crippen molar-refractivity contribution in [2.45, 2.75) is 97.0 Å². The number of ether oxygens (including phenoxy) is 1. The number of unbranched alkanes of at least 4 members (excludes halogenated alkanes) is 5. The zero-order valence-corrected chi connectivity index (χ0v) is 15.1. The topological polar surface area (TPSA) is 63.6 Å². The molecule has 1 aliphatic rings. The molecule has 0 heterocycles. The number of carboxylic acid groups (broad SMARTS) is 1. The van der Waals surface area contributed by atoms with Gasteiger partial charge in [-0.25, -0.2) is 0 Å². The van der Waals surface area contributed by atoms with Gasteiger partial charge in [-0.05, 0) is 52.4 Å². The summed E-state index contributed by atoms with van der Waals surface area (Å²) in [4.78, 5) is 23.3. The Morgan fingerprint density at radius 2 is 1.48 bits per heavy atom. The lowest BCUT2D eigenvalue weighted by Gasteiger charge is -2.30. The van der Waals surface area contributed by atoms with Gasteiger partial charge in [-0.1, -0.05) is 39.0 Å². The molecule has 1 aliphatic carbocycles. The van der Waals surface area contributed by atoms with Crippen molar-refractivity contribution in [3.63, 3.8) is 0 Å². The van der Waals surface area contributed by atoms with Gasteiger partial charge in [0.05, 0.1) is 11.8 Å². The highest BCUT2D eigenvalue weighted by molar-refractivity contribution is 5.74. The van der Waals surface area contributed by atoms with Gasteiger partial charge in [0.2, 0.25) is 0 Å². The Morgan fingerprint density at radius 1 is 0.957 bits per heavy atom. The lowest BCUT2D eigenvalue weighted by Crippen LogP contribution is -2.34. The second kappa shape index (κ2) is 9.94. The van der Waals surface area contributed by atoms with E-state index in [0.29, 0.717) is 25.7 Å². The number of carbonyl (C=O) groups is 2. The Balaban J connectivity index is 2.25. The average molecular weight is 326 g/mol. The first-order chi connectivity index (χ1) is 10.9. The van der Waals surface area contributed by atoms with Gasteiger partial charge < -0.3 is 9.84 Å². The molecule has 4 heteroatoms. The maximum absolute atomic E-state index is 12.3. The van der Waals surface area contributed by atoms with E-state index in [9.17, 15) is 9.59 Å². The van der Waals surface area contributed by atoms with Gasteiger partial charge in [0.1, 0.15) is 5.60 Å². The molecule has 1 N–H and O–H groups in total. The van der Waals surface area contributed by atoms with E-state index in [4.69, 9.17) is 9.84 Å². The van der Waals surface area contributed by atoms with Crippen LogP contribution in [0.1, 0.15) is 91.4 Å². The van der Waals surface area contributed by atoms with Crippen molar-refractivity contribution in [3.05, 3.63) is 0 Å². The molecule has 0 aromatic rings. The molecule has 0 atom stereocenters. The lowest BCUT2D eigenvalue weighted by atomic mass is 9.82. The van der Waals surface area contributed by atoms with Crippen LogP contribution in [0.4, 0.5) is 0 Å². The van der Waals surface area contributed by atoms with Crippen LogP contribution >= 0.6 is 0 Å². The van der Waals surface area contributed by atoms with Crippen LogP contribution in [0.3, 0.4) is 0 Å². The van der Waals surface area contributed by atoms with Gasteiger partial charge in [0.15, 0.2) is 0 Å². The van der Waals surface area contributed by atoms with Crippen LogP contribution in [0.15, 0.2) is 0 Å². The van der Waals surface area contributed by atoms with Crippen molar-refractivity contribution in [1.82, 2.24) is 0 Å². The van der Waals surface area contributed by atoms with Crippen LogP contribution in [0.5, 0.6) is 0 Å². The summed E-state index contributed by atoms with van der Waals surface area (Å²) < 4.78 is 5.71. The van der Waals surface area contributed by atoms with Crippen LogP contribution < -0.4 is 0 Å². The number of hydrogen-bond acceptors (Lipinski definition) is 3. The SMILES string of the molecule is CCCCCCCCC(C)(C)OC(=O)C1CCC(C(=O)O)CC1. The molecule has 0 saturated heterocycles. The molecule has 0 aliphatic heterocycles. The minimum Gasteiger partial charge on any atom is -0.481 e. The molecule has 4 nitrogen and oxygen atoms in total. The van der Waals surface area contributed by atoms with Crippen LogP contribution in [-0.2, 0) is 14.3 Å². The second-order valence-corrected chi connectivity index (χ2v) is 7.59. The standard InChI is InChI=1S/C19H34O4/c1-4-5-6-7-8-9-14-19(2,3)23-18(22)16-12-10-15(11-13-16)17(20)21/h15-16H,4-14H2,1-3H3,(H,20,21). The minimum atomic E-state index is -0.736. The lowest BCUT2D eigenvalue weighted by molar-refractivity contribution is -0.165. The predicted octanol–water partition coefficient (Wildman–Crippen LogP) is 4.95. The van der Waals surface area contributed by atoms with Crippen LogP contribution in [0.25, 0.3) is 0 Å². The largest absolute Gasteiger partial charge is 0.481 e. The molecule has 134 valence electrons. The maximum atomic E-state index is 12.3. The molecule has 0 unspecified atom stereocenters. The summed E-state index contributed by atoms with van der Waals surface area (Å²) >= 11 is 0. The Hall–Kier alpha value is -1.06. The van der Waals surface area contributed by atoms with Crippen LogP contribution in [0, 0.1) is 11.8 Å². The molecule has 1 saturated carbocycles. The van der Waals surface area contributed by atoms with E-state index in [1.165, 1.54) is 32.1 Å². The fraction of sp³-hybridized carbons (Fsp3) is 0.895. The predicted molar refractivity (Wildman–Crippen MR) is 91.2 cm³/mol. The number of hydrogen-bond donors (Lipinski definition) is 1. The summed E-state index contributed by atoms with van der Waals surface area (Å²) in [6.45, 7) is 6.19. The Morgan fingerprint density at radius 3 is 2.04 bits per heavy atom. The summed E-state index contributed by atoms with van der Waals surface area (Å²) in [6, 6.07) is 0. The molecule has 0 aromatic heterocycles. The van der Waals surface area contributed by atoms with E-state index in [2.05, 4.69) is 6.92 Å². The fourth-order valence-electron chi connectivity index (χ4n) is 3.31. The third-order valence-electron chi connectivity index (χ3n) is 4.92. The number of rotatable bonds is 10. The molecule has 0 radical (unpaired) electrons. The van der Waals surface area contributed by atoms with Gasteiger partial charge in [-0.3, -0.25) is 9.59 Å². The van der Waals surface area contributed by atoms with Crippen molar-refractivity contribution in [2.75, 3.05) is 0 Å². The molecule has 0 amide bonds. The minimum absolute atomic E-state index is 0.116. The van der Waals surface area contributed by atoms with E-state index in [1.807, 2.05) is 13.8 Å². The highest BCUT2D eigenvalue weighted by Crippen LogP contribution is 2.31. The maximum Gasteiger partial charge on any atom is 0.309 e. The van der Waals surface area contributed by atoms with Crippen molar-refractivity contribution in [3.8, 4) is 0 Å². The quantitative estimate of drug-likeness (QED) is 0.456. The number of carbonyl (C=O) groups excluding carboxylic acids is 1. The highest BCUT2D eigenvalue weighted by Gasteiger charge is 2.33. The first-order valence-corrected chi connectivity index (χ1v) is 9.31. The molecule has 1 rings (SSSR count). The van der Waals surface area contributed by atoms with Crippen molar-refractivity contribution < 1.29 is 19.4 Å². The summed E-state index contributed by atoms with van der Waals surface area (Å²) in [7, 11) is 0. The summed E-state index contributed by atoms with van der Waals surface area (Å²) in [5.41, 5.74) is -0.411. The van der Waals surface area contributed by atoms with Crippen molar-refractivity contribution in [2.24, 2.45) is 11.8 Å². The summed E-state index contributed by atoms with van der Waals surface area (Å²) in [5.74, 6) is -1.27. The van der Waals surface area contributed by atoms with Gasteiger partial charge in [-0.15, -0.1) is 0 Å². The Labute approximate surface area is 141 Å². The first kappa shape index (κ1) is 20.0. The van der Waals surface area contributed by atoms with Gasteiger partial charge in [0.25, 0.3) is 0 Å². The molecule has 0 aromatic carbocycles. The van der Waals surface area contributed by atoms with Crippen molar-refractivity contribution in [1.29, 1.82) is 0 Å². The van der Waals surface area contributed by atoms with Crippen molar-refractivity contribution >= 4 is 11.9 Å². The Bertz CT molecular complexity index is 368. The van der Waals surface area contributed by atoms with Gasteiger partial charge in [-0.2, -0.15) is 0 Å². The van der Waals surface area contributed by atoms with Crippen LogP contribution in [0.2, 0.25) is 0 Å². The normalized spacial score (nSPS) is 21.9. The highest BCUT2D eigenvalue weighted by atomic mass is 16.6. The Kier molecular flexibility index (Phi) is 8.64. The summed E-state index contributed by atoms with van der Waals surface area (Å²) in [6.07, 6.45) is 10.8. The molecule has 0 spiro atoms. The number of carboxylic acids is 1. The number of esters is 1. The zero-order chi connectivity index (χ0) is 17.3. The molecule has 23 heavy (non-hydrogen) atoms. The summed E-state index contributed by atoms with van der Waals surface area (Å²) in [5, 5.41) is 9.01. The second-order valence-electron chi connectivity index (χ2n) is 7.59. The smallest absolute Gasteiger partial charge is 0.309 e. The van der Waals surface area contributed by atoms with Gasteiger partial charge in [0, 0.05) is 0 Å². The third-order valence-corrected chi connectivity index (χ3v) is 4.92. The number of aliphatic carboxylic acids is 1. The average Bonchev–Trinajstić information content (AvgIpc) is 2.50. The molecule has 0 bridgehead atoms. The monoisotopic (exact) mass is 326 g/mol. The third kappa shape index (κ3) is 7.85. The fourth-order valence-corrected chi connectivity index (χ4v) is 3.31. The molecular formula is C19H34O4. The van der Waals surface area contributed by atoms with E-state index >= 15 is 0 Å². The van der Waals surface area contributed by atoms with E-state index in [-0.39, 0.29) is 17.8 Å². The first-order valence-electron chi connectivity index (χ1n) is 9.31. The van der Waals surface area contributed by atoms with Gasteiger partial charge >= 0.3 is 11.9 Å². The van der Waals surface area contributed by atoms with E-state index < -0.39 is 11.6 Å². The molecule has 1 fully saturated rings. The molecular weight excluding hydrogens is 292 g/mol. The zero-order valence-electron chi connectivity index (χ0n) is 15.1. The van der Waals surface area contributed by atoms with E-state index in [1.54, 1.807) is 0 Å². The van der Waals surface area contributed by atoms with E-state index in [0.717, 1.165) is 12.8 Å². The van der Waals surface area contributed by atoms with Crippen LogP contribution in [-0.4, -0.2) is 22.6 Å².